The Morgan fingerprint density at radius 2 is 0.444 bits per heavy atom. The van der Waals surface area contributed by atoms with Crippen molar-refractivity contribution in [3.05, 3.63) is 0 Å². The molecule has 15 rings (SSSR count). The Hall–Kier alpha value is -0.640. The first-order chi connectivity index (χ1) is 39.7. The van der Waals surface area contributed by atoms with Gasteiger partial charge in [-0.1, -0.05) is 77.0 Å². The lowest BCUT2D eigenvalue weighted by atomic mass is 9.53. The largest absolute Gasteiger partial charge is 0.381 e. The zero-order valence-electron chi connectivity index (χ0n) is 51.1. The number of methoxy groups -OCH3 is 8. The van der Waals surface area contributed by atoms with E-state index >= 15 is 0 Å². The van der Waals surface area contributed by atoms with E-state index in [4.69, 9.17) is 37.9 Å². The number of nitrogens with one attached hydrogen (secondary N) is 7. The quantitative estimate of drug-likeness (QED) is 0.149. The number of rotatable bonds is 8. The van der Waals surface area contributed by atoms with Crippen LogP contribution in [0, 0.1) is 118 Å². The van der Waals surface area contributed by atoms with Gasteiger partial charge in [-0.2, -0.15) is 0 Å². The van der Waals surface area contributed by atoms with Crippen LogP contribution >= 0.6 is 0 Å². The summed E-state index contributed by atoms with van der Waals surface area (Å²) < 4.78 is 56.5. The molecule has 0 aromatic rings. The van der Waals surface area contributed by atoms with Gasteiger partial charge < -0.3 is 37.9 Å². The summed E-state index contributed by atoms with van der Waals surface area (Å²) in [4.78, 5) is 2.74. The molecular weight excluding hydrogens is 1020 g/mol. The molecule has 0 spiro atoms. The van der Waals surface area contributed by atoms with Gasteiger partial charge in [-0.15, -0.1) is 0 Å². The molecule has 10 saturated carbocycles. The highest BCUT2D eigenvalue weighted by Crippen LogP contribution is 2.61. The highest BCUT2D eigenvalue weighted by molar-refractivity contribution is 5.20. The maximum Gasteiger partial charge on any atom is 0.0678 e. The molecule has 81 heavy (non-hydrogen) atoms. The molecule has 0 aromatic heterocycles. The summed E-state index contributed by atoms with van der Waals surface area (Å²) in [5, 5.41) is 31.8. The molecule has 36 unspecified atom stereocenters. The van der Waals surface area contributed by atoms with Crippen LogP contribution in [0.2, 0.25) is 0 Å². The van der Waals surface area contributed by atoms with Crippen LogP contribution in [0.5, 0.6) is 0 Å². The fraction of sp³-hybridized carbons (Fsp3) is 1.00. The predicted molar refractivity (Wildman–Crippen MR) is 309 cm³/mol. The lowest BCUT2D eigenvalue weighted by Gasteiger charge is -2.56. The molecule has 0 aromatic carbocycles. The third-order valence-electron chi connectivity index (χ3n) is 28.1. The van der Waals surface area contributed by atoms with Crippen molar-refractivity contribution in [1.82, 2.24) is 42.1 Å². The summed E-state index contributed by atoms with van der Waals surface area (Å²) in [5.41, 5.74) is 0. The molecule has 0 amide bonds. The first kappa shape index (κ1) is 56.8. The van der Waals surface area contributed by atoms with Crippen LogP contribution in [0.15, 0.2) is 0 Å². The van der Waals surface area contributed by atoms with E-state index < -0.39 is 0 Å². The van der Waals surface area contributed by atoms with E-state index in [1.807, 2.05) is 42.7 Å². The van der Waals surface area contributed by atoms with Crippen LogP contribution in [0.25, 0.3) is 0 Å². The predicted octanol–water partition coefficient (Wildman–Crippen LogP) is 6.10. The molecular formula is C65H110N8O8. The lowest BCUT2D eigenvalue weighted by Crippen LogP contribution is -2.64. The minimum absolute atomic E-state index is 0.0128. The number of nitrogens with zero attached hydrogens (tertiary/aromatic N) is 1. The van der Waals surface area contributed by atoms with Crippen LogP contribution in [0.4, 0.5) is 0 Å². The Labute approximate surface area is 487 Å². The van der Waals surface area contributed by atoms with Gasteiger partial charge in [0.2, 0.25) is 0 Å². The van der Waals surface area contributed by atoms with Crippen molar-refractivity contribution in [1.29, 1.82) is 0 Å². The van der Waals surface area contributed by atoms with E-state index in [2.05, 4.69) is 63.4 Å². The molecule has 8 bridgehead atoms. The summed E-state index contributed by atoms with van der Waals surface area (Å²) >= 11 is 0. The average Bonchev–Trinajstić information content (AvgIpc) is 4.12. The van der Waals surface area contributed by atoms with Gasteiger partial charge in [0, 0.05) is 104 Å². The van der Waals surface area contributed by atoms with Gasteiger partial charge in [0.1, 0.15) is 0 Å². The molecule has 15 aliphatic rings. The molecule has 15 fully saturated rings. The molecule has 5 heterocycles. The molecule has 0 radical (unpaired) electrons. The van der Waals surface area contributed by atoms with E-state index in [0.717, 1.165) is 23.7 Å². The second-order valence-corrected chi connectivity index (χ2v) is 30.2. The SMILES string of the molecule is COC1C2CCCCC2C(OC)C2C3NC(NC4NC(NC5C6C(OC)C7CC8CCCCC8CC7C(OC)C6C(NC6NC(N3)C3C(OC)C7CC8CCCCC8CC7C(OC)C63)N5C)C3C(OC)C5CCCCC5C(OC)C43)C12. The smallest absolute Gasteiger partial charge is 0.0678 e. The second-order valence-electron chi connectivity index (χ2n) is 30.2. The van der Waals surface area contributed by atoms with Crippen molar-refractivity contribution >= 4 is 0 Å². The highest BCUT2D eigenvalue weighted by atomic mass is 16.5. The molecule has 16 heteroatoms. The number of hydrogen-bond donors (Lipinski definition) is 7. The first-order valence-corrected chi connectivity index (χ1v) is 34.0. The summed E-state index contributed by atoms with van der Waals surface area (Å²) in [6.45, 7) is 0. The highest BCUT2D eigenvalue weighted by Gasteiger charge is 2.70. The van der Waals surface area contributed by atoms with Crippen molar-refractivity contribution in [3.8, 4) is 0 Å². The average molecular weight is 1130 g/mol. The van der Waals surface area contributed by atoms with E-state index in [1.165, 1.54) is 128 Å². The van der Waals surface area contributed by atoms with Gasteiger partial charge in [-0.05, 0) is 129 Å². The molecule has 16 nitrogen and oxygen atoms in total. The van der Waals surface area contributed by atoms with Crippen molar-refractivity contribution in [2.75, 3.05) is 63.9 Å². The van der Waals surface area contributed by atoms with Gasteiger partial charge in [-0.3, -0.25) is 42.1 Å². The fourth-order valence-corrected chi connectivity index (χ4v) is 25.5. The van der Waals surface area contributed by atoms with E-state index in [0.29, 0.717) is 47.3 Å². The summed E-state index contributed by atoms with van der Waals surface area (Å²) in [6.07, 6.45) is 25.9. The van der Waals surface area contributed by atoms with Gasteiger partial charge in [0.05, 0.1) is 98.2 Å². The van der Waals surface area contributed by atoms with Crippen LogP contribution in [-0.2, 0) is 37.9 Å². The minimum Gasteiger partial charge on any atom is -0.381 e. The van der Waals surface area contributed by atoms with E-state index in [-0.39, 0.29) is 146 Å². The maximum atomic E-state index is 7.16. The second kappa shape index (κ2) is 23.1. The number of ether oxygens (including phenoxy) is 8. The number of fused-ring (bicyclic) bond motifs is 26. The van der Waals surface area contributed by atoms with Crippen molar-refractivity contribution in [3.63, 3.8) is 0 Å². The monoisotopic (exact) mass is 1130 g/mol. The topological polar surface area (TPSA) is 161 Å². The third kappa shape index (κ3) is 8.87. The normalized spacial score (nSPS) is 58.2. The molecule has 10 aliphatic carbocycles. The zero-order valence-corrected chi connectivity index (χ0v) is 51.1. The van der Waals surface area contributed by atoms with Gasteiger partial charge in [0.25, 0.3) is 0 Å². The molecule has 5 saturated heterocycles. The molecule has 458 valence electrons. The van der Waals surface area contributed by atoms with Crippen molar-refractivity contribution < 1.29 is 37.9 Å². The molecule has 5 aliphatic heterocycles. The van der Waals surface area contributed by atoms with E-state index in [9.17, 15) is 0 Å². The Morgan fingerprint density at radius 1 is 0.247 bits per heavy atom. The third-order valence-corrected chi connectivity index (χ3v) is 28.1. The Balaban J connectivity index is 0.886. The molecule has 7 N–H and O–H groups in total. The van der Waals surface area contributed by atoms with Crippen LogP contribution in [0.3, 0.4) is 0 Å². The van der Waals surface area contributed by atoms with E-state index in [1.54, 1.807) is 0 Å². The summed E-state index contributed by atoms with van der Waals surface area (Å²) in [7, 11) is 18.7. The Morgan fingerprint density at radius 3 is 0.679 bits per heavy atom. The minimum atomic E-state index is -0.0634. The summed E-state index contributed by atoms with van der Waals surface area (Å²) in [6, 6.07) is 0. The Kier molecular flexibility index (Phi) is 16.2. The fourth-order valence-electron chi connectivity index (χ4n) is 25.5. The number of hydrogen-bond acceptors (Lipinski definition) is 16. The van der Waals surface area contributed by atoms with Gasteiger partial charge in [-0.25, -0.2) is 0 Å². The summed E-state index contributed by atoms with van der Waals surface area (Å²) in [5.74, 6) is 7.92. The van der Waals surface area contributed by atoms with Crippen molar-refractivity contribution in [2.24, 2.45) is 118 Å². The van der Waals surface area contributed by atoms with Crippen LogP contribution < -0.4 is 37.2 Å². The van der Waals surface area contributed by atoms with Gasteiger partial charge >= 0.3 is 0 Å². The van der Waals surface area contributed by atoms with Crippen molar-refractivity contribution in [2.45, 2.75) is 227 Å². The Bertz CT molecular complexity index is 2170. The van der Waals surface area contributed by atoms with Crippen LogP contribution in [-0.4, -0.2) is 167 Å². The zero-order chi connectivity index (χ0) is 55.1. The standard InChI is InChI=1S/C65H110N8O8/c1-73-64-48-49(57(81-9)41-29-33-21-13-12-20-32(33)28-40(41)56(48)80-8)65(73)72-63-47-46(54(78-6)38-26-30-18-10-11-19-31(30)27-39(38)55(47)79-7)61(70-63)68-59-43-42(50(74-2)34-22-14-15-23-35(34)51(43)75-3)58(66-59)67-60-44-45(62(69-60)71-64)53(77-5)37-25-17-16-24-36(37)52(44)76-4/h30-72H,10-29H2,1-9H3. The van der Waals surface area contributed by atoms with Gasteiger partial charge in [0.15, 0.2) is 0 Å². The molecule has 36 atom stereocenters. The van der Waals surface area contributed by atoms with Crippen LogP contribution in [0.1, 0.15) is 128 Å². The maximum absolute atomic E-state index is 7.16. The first-order valence-electron chi connectivity index (χ1n) is 34.0. The lowest BCUT2D eigenvalue weighted by molar-refractivity contribution is -0.176.